The average molecular weight is 602 g/mol. The number of nitro groups is 1. The summed E-state index contributed by atoms with van der Waals surface area (Å²) in [6.07, 6.45) is 0. The Morgan fingerprint density at radius 2 is 1.65 bits per heavy atom. The lowest BCUT2D eigenvalue weighted by Crippen LogP contribution is -2.55. The van der Waals surface area contributed by atoms with Gasteiger partial charge in [0.15, 0.2) is 0 Å². The summed E-state index contributed by atoms with van der Waals surface area (Å²) >= 11 is 0. The summed E-state index contributed by atoms with van der Waals surface area (Å²) < 4.78 is 29.3. The van der Waals surface area contributed by atoms with Gasteiger partial charge in [-0.3, -0.25) is 24.0 Å². The van der Waals surface area contributed by atoms with Gasteiger partial charge >= 0.3 is 0 Å². The molecule has 5 rings (SSSR count). The van der Waals surface area contributed by atoms with Crippen LogP contribution in [0.25, 0.3) is 10.8 Å². The molecule has 0 saturated heterocycles. The number of nitro benzene ring substituents is 1. The van der Waals surface area contributed by atoms with Crippen LogP contribution >= 0.6 is 0 Å². The predicted molar refractivity (Wildman–Crippen MR) is 164 cm³/mol. The molecule has 0 fully saturated rings. The summed E-state index contributed by atoms with van der Waals surface area (Å²) in [7, 11) is -2.73. The SMILES string of the molecule is CN[C@@H](C)C(=O)N[C@H]1CN(S(=O)(=O)c2ccc([N+](=O)[O-])cc2)c2ccccc2N(Cc2c(C)ccc3ccccc23)C1=O. The third-order valence-corrected chi connectivity index (χ3v) is 9.52. The van der Waals surface area contributed by atoms with E-state index in [-0.39, 0.29) is 29.4 Å². The van der Waals surface area contributed by atoms with E-state index in [1.807, 2.05) is 43.3 Å². The number of benzene rings is 4. The van der Waals surface area contributed by atoms with Crippen LogP contribution < -0.4 is 19.8 Å². The van der Waals surface area contributed by atoms with Gasteiger partial charge in [0.25, 0.3) is 21.6 Å². The number of non-ortho nitro benzene ring substituents is 1. The maximum Gasteiger partial charge on any atom is 0.269 e. The van der Waals surface area contributed by atoms with E-state index in [0.717, 1.165) is 50.5 Å². The first kappa shape index (κ1) is 29.7. The van der Waals surface area contributed by atoms with Crippen molar-refractivity contribution in [2.45, 2.75) is 37.4 Å². The Hall–Kier alpha value is -4.81. The lowest BCUT2D eigenvalue weighted by molar-refractivity contribution is -0.384. The van der Waals surface area contributed by atoms with Crippen molar-refractivity contribution in [1.29, 1.82) is 0 Å². The molecule has 4 aromatic rings. The van der Waals surface area contributed by atoms with Crippen LogP contribution in [0.3, 0.4) is 0 Å². The Balaban J connectivity index is 1.66. The second kappa shape index (κ2) is 11.8. The molecule has 1 aliphatic rings. The van der Waals surface area contributed by atoms with Gasteiger partial charge in [0.05, 0.1) is 40.3 Å². The minimum absolute atomic E-state index is 0.127. The maximum absolute atomic E-state index is 14.3. The van der Waals surface area contributed by atoms with Gasteiger partial charge in [0.2, 0.25) is 5.91 Å². The molecule has 11 nitrogen and oxygen atoms in total. The molecule has 43 heavy (non-hydrogen) atoms. The highest BCUT2D eigenvalue weighted by atomic mass is 32.2. The van der Waals surface area contributed by atoms with Crippen LogP contribution in [0.1, 0.15) is 18.1 Å². The van der Waals surface area contributed by atoms with Gasteiger partial charge in [-0.1, -0.05) is 48.5 Å². The summed E-state index contributed by atoms with van der Waals surface area (Å²) in [5, 5.41) is 18.7. The van der Waals surface area contributed by atoms with Crippen molar-refractivity contribution < 1.29 is 22.9 Å². The highest BCUT2D eigenvalue weighted by Crippen LogP contribution is 2.38. The number of carbonyl (C=O) groups is 2. The van der Waals surface area contributed by atoms with E-state index in [9.17, 15) is 28.1 Å². The predicted octanol–water partition coefficient (Wildman–Crippen LogP) is 3.89. The number of para-hydroxylation sites is 2. The number of fused-ring (bicyclic) bond motifs is 2. The molecular formula is C31H31N5O6S. The number of hydrogen-bond donors (Lipinski definition) is 2. The number of aryl methyl sites for hydroxylation is 1. The third kappa shape index (κ3) is 5.66. The Labute approximate surface area is 249 Å². The number of likely N-dealkylation sites (N-methyl/N-ethyl adjacent to an activating group) is 1. The van der Waals surface area contributed by atoms with Gasteiger partial charge in [0.1, 0.15) is 6.04 Å². The second-order valence-corrected chi connectivity index (χ2v) is 12.2. The van der Waals surface area contributed by atoms with Crippen molar-refractivity contribution in [1.82, 2.24) is 10.6 Å². The molecule has 1 heterocycles. The zero-order valence-corrected chi connectivity index (χ0v) is 24.7. The van der Waals surface area contributed by atoms with E-state index < -0.39 is 38.8 Å². The number of rotatable bonds is 8. The van der Waals surface area contributed by atoms with Gasteiger partial charge in [0, 0.05) is 12.1 Å². The van der Waals surface area contributed by atoms with Crippen molar-refractivity contribution in [3.63, 3.8) is 0 Å². The first-order valence-electron chi connectivity index (χ1n) is 13.7. The lowest BCUT2D eigenvalue weighted by Gasteiger charge is -2.27. The van der Waals surface area contributed by atoms with Crippen molar-refractivity contribution in [3.8, 4) is 0 Å². The Kier molecular flexibility index (Phi) is 8.16. The quantitative estimate of drug-likeness (QED) is 0.231. The van der Waals surface area contributed by atoms with Crippen molar-refractivity contribution >= 4 is 49.7 Å². The minimum atomic E-state index is -4.33. The fourth-order valence-corrected chi connectivity index (χ4v) is 6.65. The molecule has 4 aromatic carbocycles. The third-order valence-electron chi connectivity index (χ3n) is 7.72. The molecule has 2 amide bonds. The van der Waals surface area contributed by atoms with Crippen molar-refractivity contribution in [2.75, 3.05) is 22.8 Å². The minimum Gasteiger partial charge on any atom is -0.341 e. The molecule has 222 valence electrons. The number of sulfonamides is 1. The molecule has 1 aliphatic heterocycles. The fourth-order valence-electron chi connectivity index (χ4n) is 5.16. The molecule has 12 heteroatoms. The van der Waals surface area contributed by atoms with E-state index in [4.69, 9.17) is 0 Å². The van der Waals surface area contributed by atoms with Crippen LogP contribution in [-0.2, 0) is 26.2 Å². The molecule has 0 saturated carbocycles. The summed E-state index contributed by atoms with van der Waals surface area (Å²) in [5.74, 6) is -0.946. The molecule has 2 atom stereocenters. The largest absolute Gasteiger partial charge is 0.341 e. The van der Waals surface area contributed by atoms with Crippen LogP contribution in [-0.4, -0.2) is 50.8 Å². The monoisotopic (exact) mass is 601 g/mol. The first-order valence-corrected chi connectivity index (χ1v) is 15.1. The Morgan fingerprint density at radius 3 is 2.33 bits per heavy atom. The number of hydrogen-bond acceptors (Lipinski definition) is 7. The number of anilines is 2. The van der Waals surface area contributed by atoms with Crippen LogP contribution in [0.5, 0.6) is 0 Å². The van der Waals surface area contributed by atoms with E-state index in [1.165, 1.54) is 4.90 Å². The number of nitrogens with zero attached hydrogens (tertiary/aromatic N) is 3. The van der Waals surface area contributed by atoms with E-state index in [1.54, 1.807) is 38.2 Å². The van der Waals surface area contributed by atoms with Gasteiger partial charge in [-0.2, -0.15) is 0 Å². The number of carbonyl (C=O) groups excluding carboxylic acids is 2. The number of amides is 2. The van der Waals surface area contributed by atoms with Crippen molar-refractivity contribution in [3.05, 3.63) is 106 Å². The standard InChI is InChI=1S/C31H31N5O6S/c1-20-12-13-22-8-4-5-9-25(22)26(20)18-34-28-10-6-7-11-29(28)35(19-27(31(34)38)33-30(37)21(2)32-3)43(41,42)24-16-14-23(15-17-24)36(39)40/h4-17,21,27,32H,18-19H2,1-3H3,(H,33,37)/t21-,27-/m0/s1. The highest BCUT2D eigenvalue weighted by molar-refractivity contribution is 7.92. The smallest absolute Gasteiger partial charge is 0.269 e. The zero-order valence-electron chi connectivity index (χ0n) is 23.9. The summed E-state index contributed by atoms with van der Waals surface area (Å²) in [6, 6.07) is 21.1. The van der Waals surface area contributed by atoms with Crippen LogP contribution in [0, 0.1) is 17.0 Å². The maximum atomic E-state index is 14.3. The fraction of sp³-hybridized carbons (Fsp3) is 0.226. The summed E-state index contributed by atoms with van der Waals surface area (Å²) in [4.78, 5) is 39.2. The topological polar surface area (TPSA) is 142 Å². The normalized spacial score (nSPS) is 16.0. The van der Waals surface area contributed by atoms with Gasteiger partial charge in [-0.05, 0) is 67.1 Å². The Bertz CT molecular complexity index is 1830. The molecule has 0 radical (unpaired) electrons. The van der Waals surface area contributed by atoms with E-state index in [0.29, 0.717) is 5.69 Å². The van der Waals surface area contributed by atoms with Gasteiger partial charge < -0.3 is 15.5 Å². The van der Waals surface area contributed by atoms with Crippen molar-refractivity contribution in [2.24, 2.45) is 0 Å². The highest BCUT2D eigenvalue weighted by Gasteiger charge is 2.40. The van der Waals surface area contributed by atoms with E-state index in [2.05, 4.69) is 10.6 Å². The molecule has 0 aliphatic carbocycles. The molecule has 0 aromatic heterocycles. The molecule has 2 N–H and O–H groups in total. The Morgan fingerprint density at radius 1 is 1.00 bits per heavy atom. The van der Waals surface area contributed by atoms with Crippen LogP contribution in [0.2, 0.25) is 0 Å². The molecular weight excluding hydrogens is 570 g/mol. The number of nitrogens with one attached hydrogen (secondary N) is 2. The lowest BCUT2D eigenvalue weighted by atomic mass is 9.99. The van der Waals surface area contributed by atoms with Gasteiger partial charge in [-0.25, -0.2) is 8.42 Å². The summed E-state index contributed by atoms with van der Waals surface area (Å²) in [5.41, 5.74) is 2.18. The zero-order chi connectivity index (χ0) is 30.9. The molecule has 0 bridgehead atoms. The van der Waals surface area contributed by atoms with Crippen LogP contribution in [0.4, 0.5) is 17.1 Å². The summed E-state index contributed by atoms with van der Waals surface area (Å²) in [6.45, 7) is 3.33. The average Bonchev–Trinajstić information content (AvgIpc) is 3.12. The second-order valence-electron chi connectivity index (χ2n) is 10.4. The molecule has 0 unspecified atom stereocenters. The molecule has 0 spiro atoms. The van der Waals surface area contributed by atoms with Crippen LogP contribution in [0.15, 0.2) is 89.8 Å². The van der Waals surface area contributed by atoms with E-state index >= 15 is 0 Å². The first-order chi connectivity index (χ1) is 20.5. The van der Waals surface area contributed by atoms with Gasteiger partial charge in [-0.15, -0.1) is 0 Å².